The predicted octanol–water partition coefficient (Wildman–Crippen LogP) is 4.42. The van der Waals surface area contributed by atoms with E-state index < -0.39 is 11.3 Å². The van der Waals surface area contributed by atoms with Gasteiger partial charge in [0.1, 0.15) is 11.2 Å². The average molecular weight is 355 g/mol. The summed E-state index contributed by atoms with van der Waals surface area (Å²) in [6, 6.07) is 18.0. The fourth-order valence-electron chi connectivity index (χ4n) is 3.34. The first-order valence-corrected chi connectivity index (χ1v) is 8.48. The van der Waals surface area contributed by atoms with Crippen LogP contribution in [-0.2, 0) is 0 Å². The molecule has 0 aliphatic heterocycles. The van der Waals surface area contributed by atoms with Crippen molar-refractivity contribution in [2.24, 2.45) is 0 Å². The minimum absolute atomic E-state index is 0.352. The number of fused-ring (bicyclic) bond motifs is 4. The third-order valence-corrected chi connectivity index (χ3v) is 4.69. The fourth-order valence-corrected chi connectivity index (χ4v) is 3.34. The van der Waals surface area contributed by atoms with Crippen molar-refractivity contribution >= 4 is 32.8 Å². The molecule has 0 bridgehead atoms. The normalized spacial score (nSPS) is 11.4. The first-order chi connectivity index (χ1) is 13.1. The Hall–Kier alpha value is -3.73. The third kappa shape index (κ3) is 2.36. The number of aromatic nitrogens is 1. The van der Waals surface area contributed by atoms with Crippen LogP contribution in [0.5, 0.6) is 0 Å². The highest BCUT2D eigenvalue weighted by molar-refractivity contribution is 6.03. The molecular weight excluding hydrogens is 342 g/mol. The highest BCUT2D eigenvalue weighted by Gasteiger charge is 2.14. The van der Waals surface area contributed by atoms with Gasteiger partial charge in [0.2, 0.25) is 0 Å². The summed E-state index contributed by atoms with van der Waals surface area (Å²) in [5.74, 6) is 0. The van der Waals surface area contributed by atoms with E-state index in [9.17, 15) is 9.59 Å². The van der Waals surface area contributed by atoms with E-state index in [2.05, 4.69) is 4.98 Å². The highest BCUT2D eigenvalue weighted by atomic mass is 16.4. The first kappa shape index (κ1) is 15.5. The van der Waals surface area contributed by atoms with Gasteiger partial charge in [0.25, 0.3) is 0 Å². The summed E-state index contributed by atoms with van der Waals surface area (Å²) in [6.07, 6.45) is 0. The van der Waals surface area contributed by atoms with Gasteiger partial charge in [0.05, 0.1) is 22.2 Å². The summed E-state index contributed by atoms with van der Waals surface area (Å²) in [5, 5.41) is 1.92. The van der Waals surface area contributed by atoms with Crippen molar-refractivity contribution in [3.63, 3.8) is 0 Å². The quantitative estimate of drug-likeness (QED) is 0.329. The molecule has 0 aliphatic rings. The van der Waals surface area contributed by atoms with E-state index >= 15 is 0 Å². The topological polar surface area (TPSA) is 73.3 Å². The van der Waals surface area contributed by atoms with Gasteiger partial charge in [0.15, 0.2) is 0 Å². The Labute approximate surface area is 152 Å². The van der Waals surface area contributed by atoms with E-state index in [0.29, 0.717) is 33.3 Å². The molecule has 0 atom stereocenters. The minimum atomic E-state index is -0.469. The molecule has 3 heterocycles. The zero-order chi connectivity index (χ0) is 18.5. The molecule has 0 saturated carbocycles. The molecule has 0 fully saturated rings. The van der Waals surface area contributed by atoms with Crippen LogP contribution in [0.2, 0.25) is 0 Å². The standard InChI is InChI=1S/C22H13NO4/c1-12-5-4-7-14-19-15(21(24)27-20(12)14)9-10-17(23-19)16-11-13-6-2-3-8-18(13)26-22(16)25/h2-11H,1H3. The van der Waals surface area contributed by atoms with Crippen LogP contribution in [0.1, 0.15) is 5.56 Å². The van der Waals surface area contributed by atoms with Gasteiger partial charge >= 0.3 is 11.3 Å². The molecule has 130 valence electrons. The van der Waals surface area contributed by atoms with Gasteiger partial charge in [-0.2, -0.15) is 0 Å². The van der Waals surface area contributed by atoms with Crippen LogP contribution in [-0.4, -0.2) is 4.98 Å². The summed E-state index contributed by atoms with van der Waals surface area (Å²) in [7, 11) is 0. The predicted molar refractivity (Wildman–Crippen MR) is 104 cm³/mol. The Balaban J connectivity index is 1.87. The number of nitrogens with zero attached hydrogens (tertiary/aromatic N) is 1. The van der Waals surface area contributed by atoms with Crippen molar-refractivity contribution in [2.45, 2.75) is 6.92 Å². The lowest BCUT2D eigenvalue weighted by Gasteiger charge is -2.06. The second-order valence-electron chi connectivity index (χ2n) is 6.42. The second kappa shape index (κ2) is 5.64. The Morgan fingerprint density at radius 3 is 2.56 bits per heavy atom. The van der Waals surface area contributed by atoms with Crippen LogP contribution >= 0.6 is 0 Å². The number of benzene rings is 2. The monoisotopic (exact) mass is 355 g/mol. The molecule has 0 spiro atoms. The third-order valence-electron chi connectivity index (χ3n) is 4.69. The van der Waals surface area contributed by atoms with Crippen LogP contribution in [0.3, 0.4) is 0 Å². The summed E-state index contributed by atoms with van der Waals surface area (Å²) in [5.41, 5.74) is 2.28. The van der Waals surface area contributed by atoms with Crippen LogP contribution in [0.15, 0.2) is 79.1 Å². The van der Waals surface area contributed by atoms with E-state index in [1.165, 1.54) is 0 Å². The molecular formula is C22H13NO4. The maximum atomic E-state index is 12.5. The molecule has 5 aromatic rings. The van der Waals surface area contributed by atoms with E-state index in [0.717, 1.165) is 16.3 Å². The Bertz CT molecular complexity index is 1480. The minimum Gasteiger partial charge on any atom is -0.422 e. The van der Waals surface area contributed by atoms with Crippen LogP contribution < -0.4 is 11.3 Å². The van der Waals surface area contributed by atoms with Crippen molar-refractivity contribution in [1.82, 2.24) is 4.98 Å². The Morgan fingerprint density at radius 2 is 1.67 bits per heavy atom. The summed E-state index contributed by atoms with van der Waals surface area (Å²) in [6.45, 7) is 1.87. The number of hydrogen-bond acceptors (Lipinski definition) is 5. The zero-order valence-corrected chi connectivity index (χ0v) is 14.4. The van der Waals surface area contributed by atoms with Crippen LogP contribution in [0.4, 0.5) is 0 Å². The van der Waals surface area contributed by atoms with Gasteiger partial charge in [-0.15, -0.1) is 0 Å². The highest BCUT2D eigenvalue weighted by Crippen LogP contribution is 2.26. The van der Waals surface area contributed by atoms with Crippen molar-refractivity contribution in [2.75, 3.05) is 0 Å². The average Bonchev–Trinajstić information content (AvgIpc) is 2.68. The molecule has 0 radical (unpaired) electrons. The molecule has 0 amide bonds. The molecule has 3 aromatic heterocycles. The number of para-hydroxylation sites is 2. The van der Waals surface area contributed by atoms with Gasteiger partial charge in [0, 0.05) is 10.8 Å². The van der Waals surface area contributed by atoms with Crippen LogP contribution in [0.25, 0.3) is 44.1 Å². The molecule has 0 unspecified atom stereocenters. The lowest BCUT2D eigenvalue weighted by atomic mass is 10.1. The molecule has 5 heteroatoms. The molecule has 27 heavy (non-hydrogen) atoms. The van der Waals surface area contributed by atoms with Crippen LogP contribution in [0, 0.1) is 6.92 Å². The summed E-state index contributed by atoms with van der Waals surface area (Å²) >= 11 is 0. The van der Waals surface area contributed by atoms with Gasteiger partial charge in [-0.25, -0.2) is 14.6 Å². The van der Waals surface area contributed by atoms with Crippen molar-refractivity contribution in [1.29, 1.82) is 0 Å². The van der Waals surface area contributed by atoms with Gasteiger partial charge in [-0.05, 0) is 42.8 Å². The fraction of sp³-hybridized carbons (Fsp3) is 0.0455. The second-order valence-corrected chi connectivity index (χ2v) is 6.42. The molecule has 2 aromatic carbocycles. The largest absolute Gasteiger partial charge is 0.422 e. The number of hydrogen-bond donors (Lipinski definition) is 0. The number of rotatable bonds is 1. The maximum absolute atomic E-state index is 12.5. The lowest BCUT2D eigenvalue weighted by Crippen LogP contribution is -2.06. The van der Waals surface area contributed by atoms with Gasteiger partial charge in [-0.1, -0.05) is 30.3 Å². The lowest BCUT2D eigenvalue weighted by molar-refractivity contribution is 0.563. The van der Waals surface area contributed by atoms with E-state index in [1.807, 2.05) is 43.3 Å². The first-order valence-electron chi connectivity index (χ1n) is 8.48. The number of aryl methyl sites for hydroxylation is 1. The van der Waals surface area contributed by atoms with Crippen molar-refractivity contribution in [3.05, 3.63) is 87.1 Å². The molecule has 0 N–H and O–H groups in total. The molecule has 0 saturated heterocycles. The van der Waals surface area contributed by atoms with E-state index in [4.69, 9.17) is 8.83 Å². The smallest absolute Gasteiger partial charge is 0.345 e. The van der Waals surface area contributed by atoms with Gasteiger partial charge in [-0.3, -0.25) is 0 Å². The zero-order valence-electron chi connectivity index (χ0n) is 14.4. The Kier molecular flexibility index (Phi) is 3.24. The maximum Gasteiger partial charge on any atom is 0.345 e. The molecule has 5 rings (SSSR count). The van der Waals surface area contributed by atoms with Crippen molar-refractivity contribution < 1.29 is 8.83 Å². The SMILES string of the molecule is Cc1cccc2c1oc(=O)c1ccc(-c3cc4ccccc4oc3=O)nc12. The molecule has 5 nitrogen and oxygen atoms in total. The van der Waals surface area contributed by atoms with Gasteiger partial charge < -0.3 is 8.83 Å². The Morgan fingerprint density at radius 1 is 0.815 bits per heavy atom. The number of pyridine rings is 1. The van der Waals surface area contributed by atoms with E-state index in [1.54, 1.807) is 24.3 Å². The van der Waals surface area contributed by atoms with Crippen molar-refractivity contribution in [3.8, 4) is 11.3 Å². The summed E-state index contributed by atoms with van der Waals surface area (Å²) < 4.78 is 10.9. The summed E-state index contributed by atoms with van der Waals surface area (Å²) in [4.78, 5) is 29.4. The van der Waals surface area contributed by atoms with E-state index in [-0.39, 0.29) is 0 Å². The molecule has 0 aliphatic carbocycles.